The van der Waals surface area contributed by atoms with Crippen molar-refractivity contribution in [1.82, 2.24) is 0 Å². The van der Waals surface area contributed by atoms with Crippen molar-refractivity contribution >= 4 is 5.91 Å². The number of primary amides is 1. The second-order valence-electron chi connectivity index (χ2n) is 5.87. The second-order valence-corrected chi connectivity index (χ2v) is 5.87. The smallest absolute Gasteiger partial charge is 0.231 e. The first-order valence-corrected chi connectivity index (χ1v) is 7.80. The quantitative estimate of drug-likeness (QED) is 0.939. The Labute approximate surface area is 131 Å². The van der Waals surface area contributed by atoms with Crippen LogP contribution >= 0.6 is 0 Å². The molecule has 114 valence electrons. The zero-order chi connectivity index (χ0) is 15.4. The fraction of sp³-hybridized carbons (Fsp3) is 0.316. The highest BCUT2D eigenvalue weighted by Gasteiger charge is 2.48. The molecule has 0 bridgehead atoms. The molecule has 0 radical (unpaired) electrons. The lowest BCUT2D eigenvalue weighted by molar-refractivity contribution is -0.129. The van der Waals surface area contributed by atoms with Gasteiger partial charge in [0.1, 0.15) is 17.3 Å². The number of hydrogen-bond acceptors (Lipinski definition) is 2. The summed E-state index contributed by atoms with van der Waals surface area (Å²) in [6.45, 7) is 0. The van der Waals surface area contributed by atoms with Gasteiger partial charge in [-0.25, -0.2) is 0 Å². The van der Waals surface area contributed by atoms with Crippen LogP contribution in [0.5, 0.6) is 5.75 Å². The molecule has 1 saturated carbocycles. The molecule has 2 N–H and O–H groups in total. The lowest BCUT2D eigenvalue weighted by Crippen LogP contribution is -2.54. The molecule has 3 rings (SSSR count). The molecule has 1 aliphatic carbocycles. The van der Waals surface area contributed by atoms with Crippen molar-refractivity contribution in [2.24, 2.45) is 5.73 Å². The Kier molecular flexibility index (Phi) is 4.14. The van der Waals surface area contributed by atoms with E-state index in [-0.39, 0.29) is 12.0 Å². The van der Waals surface area contributed by atoms with Gasteiger partial charge in [-0.05, 0) is 37.0 Å². The highest BCUT2D eigenvalue weighted by Crippen LogP contribution is 2.41. The summed E-state index contributed by atoms with van der Waals surface area (Å²) in [7, 11) is 0. The van der Waals surface area contributed by atoms with Gasteiger partial charge < -0.3 is 10.5 Å². The third kappa shape index (κ3) is 2.59. The van der Waals surface area contributed by atoms with E-state index in [1.54, 1.807) is 0 Å². The highest BCUT2D eigenvalue weighted by atomic mass is 16.5. The summed E-state index contributed by atoms with van der Waals surface area (Å²) in [6, 6.07) is 19.5. The minimum atomic E-state index is -0.741. The molecular weight excluding hydrogens is 274 g/mol. The van der Waals surface area contributed by atoms with E-state index in [0.29, 0.717) is 0 Å². The van der Waals surface area contributed by atoms with E-state index in [1.807, 2.05) is 60.7 Å². The van der Waals surface area contributed by atoms with Crippen molar-refractivity contribution in [2.45, 2.75) is 37.2 Å². The maximum absolute atomic E-state index is 12.4. The van der Waals surface area contributed by atoms with Gasteiger partial charge in [0.25, 0.3) is 0 Å². The highest BCUT2D eigenvalue weighted by molar-refractivity contribution is 5.87. The number of ether oxygens (including phenoxy) is 1. The number of para-hydroxylation sites is 1. The molecule has 1 fully saturated rings. The predicted octanol–water partition coefficient (Wildman–Crippen LogP) is 3.43. The van der Waals surface area contributed by atoms with Crippen LogP contribution in [0, 0.1) is 0 Å². The van der Waals surface area contributed by atoms with Gasteiger partial charge in [0.15, 0.2) is 0 Å². The predicted molar refractivity (Wildman–Crippen MR) is 86.6 cm³/mol. The van der Waals surface area contributed by atoms with E-state index in [0.717, 1.165) is 37.0 Å². The van der Waals surface area contributed by atoms with Crippen LogP contribution in [0.25, 0.3) is 0 Å². The summed E-state index contributed by atoms with van der Waals surface area (Å²) in [4.78, 5) is 12.4. The monoisotopic (exact) mass is 295 g/mol. The van der Waals surface area contributed by atoms with E-state index in [9.17, 15) is 4.79 Å². The summed E-state index contributed by atoms with van der Waals surface area (Å²) in [5.41, 5.74) is 6.08. The molecular formula is C19H21NO2. The molecule has 0 heterocycles. The number of hydrogen-bond donors (Lipinski definition) is 1. The summed E-state index contributed by atoms with van der Waals surface area (Å²) in [5, 5.41) is 0. The van der Waals surface area contributed by atoms with Crippen molar-refractivity contribution in [3.8, 4) is 5.75 Å². The van der Waals surface area contributed by atoms with E-state index in [1.165, 1.54) is 0 Å². The van der Waals surface area contributed by atoms with Crippen LogP contribution in [0.15, 0.2) is 60.7 Å². The van der Waals surface area contributed by atoms with Gasteiger partial charge in [0.05, 0.1) is 0 Å². The SMILES string of the molecule is NC(=O)C1(c2ccccc2)CCCCC1Oc1ccccc1. The molecule has 0 aromatic heterocycles. The standard InChI is InChI=1S/C19H21NO2/c20-18(21)19(15-9-3-1-4-10-15)14-8-7-13-17(19)22-16-11-5-2-6-12-16/h1-6,9-12,17H,7-8,13-14H2,(H2,20,21). The lowest BCUT2D eigenvalue weighted by Gasteiger charge is -2.41. The Morgan fingerprint density at radius 3 is 2.27 bits per heavy atom. The zero-order valence-corrected chi connectivity index (χ0v) is 12.6. The first-order valence-electron chi connectivity index (χ1n) is 7.80. The molecule has 3 heteroatoms. The molecule has 0 saturated heterocycles. The summed E-state index contributed by atoms with van der Waals surface area (Å²) < 4.78 is 6.19. The maximum Gasteiger partial charge on any atom is 0.231 e. The van der Waals surface area contributed by atoms with Crippen LogP contribution in [0.3, 0.4) is 0 Å². The number of benzene rings is 2. The normalized spacial score (nSPS) is 24.6. The molecule has 2 aromatic carbocycles. The topological polar surface area (TPSA) is 52.3 Å². The second kappa shape index (κ2) is 6.22. The summed E-state index contributed by atoms with van der Waals surface area (Å²) in [6.07, 6.45) is 3.41. The Bertz CT molecular complexity index is 626. The third-order valence-electron chi connectivity index (χ3n) is 4.59. The molecule has 22 heavy (non-hydrogen) atoms. The van der Waals surface area contributed by atoms with Crippen LogP contribution in [0.4, 0.5) is 0 Å². The molecule has 3 nitrogen and oxygen atoms in total. The fourth-order valence-electron chi connectivity index (χ4n) is 3.45. The van der Waals surface area contributed by atoms with Gasteiger partial charge in [0, 0.05) is 0 Å². The van der Waals surface area contributed by atoms with Crippen molar-refractivity contribution in [3.63, 3.8) is 0 Å². The molecule has 2 unspecified atom stereocenters. The zero-order valence-electron chi connectivity index (χ0n) is 12.6. The Morgan fingerprint density at radius 2 is 1.64 bits per heavy atom. The van der Waals surface area contributed by atoms with Gasteiger partial charge in [-0.2, -0.15) is 0 Å². The average Bonchev–Trinajstić information content (AvgIpc) is 2.57. The van der Waals surface area contributed by atoms with Crippen LogP contribution in [-0.2, 0) is 10.2 Å². The molecule has 1 amide bonds. The van der Waals surface area contributed by atoms with Gasteiger partial charge in [-0.15, -0.1) is 0 Å². The number of carbonyl (C=O) groups excluding carboxylic acids is 1. The fourth-order valence-corrected chi connectivity index (χ4v) is 3.45. The summed E-state index contributed by atoms with van der Waals surface area (Å²) >= 11 is 0. The van der Waals surface area contributed by atoms with Crippen LogP contribution in [0.1, 0.15) is 31.2 Å². The minimum absolute atomic E-state index is 0.219. The van der Waals surface area contributed by atoms with Crippen molar-refractivity contribution in [3.05, 3.63) is 66.2 Å². The van der Waals surface area contributed by atoms with E-state index in [2.05, 4.69) is 0 Å². The first-order chi connectivity index (χ1) is 10.7. The number of carbonyl (C=O) groups is 1. The molecule has 0 spiro atoms. The minimum Gasteiger partial charge on any atom is -0.489 e. The number of nitrogens with two attached hydrogens (primary N) is 1. The molecule has 0 aliphatic heterocycles. The van der Waals surface area contributed by atoms with Crippen LogP contribution in [0.2, 0.25) is 0 Å². The number of amides is 1. The number of rotatable bonds is 4. The van der Waals surface area contributed by atoms with E-state index < -0.39 is 5.41 Å². The van der Waals surface area contributed by atoms with Gasteiger partial charge in [0.2, 0.25) is 5.91 Å². The first kappa shape index (κ1) is 14.6. The maximum atomic E-state index is 12.4. The lowest BCUT2D eigenvalue weighted by atomic mass is 9.66. The third-order valence-corrected chi connectivity index (χ3v) is 4.59. The van der Waals surface area contributed by atoms with Crippen molar-refractivity contribution in [1.29, 1.82) is 0 Å². The molecule has 2 aromatic rings. The molecule has 1 aliphatic rings. The average molecular weight is 295 g/mol. The van der Waals surface area contributed by atoms with E-state index >= 15 is 0 Å². The Morgan fingerprint density at radius 1 is 1.00 bits per heavy atom. The van der Waals surface area contributed by atoms with Gasteiger partial charge in [-0.1, -0.05) is 55.0 Å². The van der Waals surface area contributed by atoms with E-state index in [4.69, 9.17) is 10.5 Å². The molecule has 2 atom stereocenters. The van der Waals surface area contributed by atoms with Crippen molar-refractivity contribution in [2.75, 3.05) is 0 Å². The largest absolute Gasteiger partial charge is 0.489 e. The van der Waals surface area contributed by atoms with Crippen molar-refractivity contribution < 1.29 is 9.53 Å². The van der Waals surface area contributed by atoms with Crippen LogP contribution in [-0.4, -0.2) is 12.0 Å². The van der Waals surface area contributed by atoms with Gasteiger partial charge in [-0.3, -0.25) is 4.79 Å². The Balaban J connectivity index is 2.00. The van der Waals surface area contributed by atoms with Gasteiger partial charge >= 0.3 is 0 Å². The van der Waals surface area contributed by atoms with Crippen LogP contribution < -0.4 is 10.5 Å². The Hall–Kier alpha value is -2.29. The summed E-state index contributed by atoms with van der Waals surface area (Å²) in [5.74, 6) is 0.496.